The van der Waals surface area contributed by atoms with Crippen LogP contribution < -0.4 is 20.1 Å². The molecule has 0 bridgehead atoms. The highest BCUT2D eigenvalue weighted by Gasteiger charge is 2.19. The molecule has 1 saturated heterocycles. The Kier molecular flexibility index (Phi) is 6.13. The van der Waals surface area contributed by atoms with E-state index < -0.39 is 5.60 Å². The summed E-state index contributed by atoms with van der Waals surface area (Å²) in [5.41, 5.74) is -0.445. The molecule has 0 amide bonds. The third-order valence-corrected chi connectivity index (χ3v) is 3.98. The van der Waals surface area contributed by atoms with Gasteiger partial charge in [0.05, 0.1) is 18.9 Å². The Balaban J connectivity index is 1.81. The lowest BCUT2D eigenvalue weighted by atomic mass is 10.1. The molecule has 0 aliphatic carbocycles. The third kappa shape index (κ3) is 5.55. The van der Waals surface area contributed by atoms with Gasteiger partial charge in [0, 0.05) is 18.8 Å². The Morgan fingerprint density at radius 2 is 2.14 bits per heavy atom. The minimum atomic E-state index is -1.12. The smallest absolute Gasteiger partial charge is 0.253 e. The summed E-state index contributed by atoms with van der Waals surface area (Å²) in [5, 5.41) is 25.2. The lowest BCUT2D eigenvalue weighted by Gasteiger charge is -2.13. The standard InChI is InChI=1S/C20H22N6O3/c1-20(2,27)6-4-13-10-24-17(8-16(13)28-3)25-18-12-23-15(9-21)19(26-18)29-14-5-7-22-11-14/h8,10,12,14,22,27H,5,7,11H2,1-3H3,(H,24,25,26)/t14-/m1/s1. The third-order valence-electron chi connectivity index (χ3n) is 3.98. The lowest BCUT2D eigenvalue weighted by Crippen LogP contribution is -2.21. The first-order valence-corrected chi connectivity index (χ1v) is 9.09. The van der Waals surface area contributed by atoms with E-state index in [0.717, 1.165) is 13.0 Å². The summed E-state index contributed by atoms with van der Waals surface area (Å²) < 4.78 is 11.2. The molecule has 3 heterocycles. The number of hydrogen-bond donors (Lipinski definition) is 3. The SMILES string of the molecule is COc1cc(Nc2cnc(C#N)c(O[C@@H]3CCNC3)n2)ncc1C#CC(C)(C)O. The van der Waals surface area contributed by atoms with E-state index in [4.69, 9.17) is 9.47 Å². The van der Waals surface area contributed by atoms with Gasteiger partial charge in [0.15, 0.2) is 5.82 Å². The number of methoxy groups -OCH3 is 1. The average molecular weight is 394 g/mol. The second-order valence-corrected chi connectivity index (χ2v) is 6.96. The zero-order valence-electron chi connectivity index (χ0n) is 16.5. The molecule has 0 unspecified atom stereocenters. The molecule has 9 heteroatoms. The van der Waals surface area contributed by atoms with E-state index in [1.165, 1.54) is 13.3 Å². The Morgan fingerprint density at radius 3 is 2.79 bits per heavy atom. The lowest BCUT2D eigenvalue weighted by molar-refractivity contribution is 0.143. The molecular formula is C20H22N6O3. The number of ether oxygens (including phenoxy) is 2. The fourth-order valence-corrected chi connectivity index (χ4v) is 2.60. The van der Waals surface area contributed by atoms with Gasteiger partial charge in [-0.15, -0.1) is 0 Å². The molecule has 3 rings (SSSR count). The Bertz CT molecular complexity index is 978. The van der Waals surface area contributed by atoms with Crippen molar-refractivity contribution in [3.63, 3.8) is 0 Å². The monoisotopic (exact) mass is 394 g/mol. The van der Waals surface area contributed by atoms with Gasteiger partial charge in [0.25, 0.3) is 5.88 Å². The second kappa shape index (κ2) is 8.74. The first-order valence-electron chi connectivity index (χ1n) is 9.09. The Labute approximate surface area is 169 Å². The van der Waals surface area contributed by atoms with Gasteiger partial charge in [-0.05, 0) is 26.8 Å². The molecule has 0 radical (unpaired) electrons. The van der Waals surface area contributed by atoms with Crippen LogP contribution in [0.15, 0.2) is 18.5 Å². The van der Waals surface area contributed by atoms with Crippen molar-refractivity contribution >= 4 is 11.6 Å². The molecule has 3 N–H and O–H groups in total. The normalized spacial score (nSPS) is 15.8. The van der Waals surface area contributed by atoms with Crippen molar-refractivity contribution in [1.82, 2.24) is 20.3 Å². The van der Waals surface area contributed by atoms with Crippen LogP contribution in [0.4, 0.5) is 11.6 Å². The number of rotatable bonds is 5. The molecule has 0 saturated carbocycles. The largest absolute Gasteiger partial charge is 0.495 e. The van der Waals surface area contributed by atoms with Gasteiger partial charge in [-0.1, -0.05) is 11.8 Å². The quantitative estimate of drug-likeness (QED) is 0.644. The number of nitrogens with one attached hydrogen (secondary N) is 2. The summed E-state index contributed by atoms with van der Waals surface area (Å²) >= 11 is 0. The molecule has 2 aromatic rings. The van der Waals surface area contributed by atoms with Crippen molar-refractivity contribution in [2.45, 2.75) is 32.0 Å². The molecule has 29 heavy (non-hydrogen) atoms. The van der Waals surface area contributed by atoms with Gasteiger partial charge >= 0.3 is 0 Å². The van der Waals surface area contributed by atoms with Crippen LogP contribution in [0.2, 0.25) is 0 Å². The molecular weight excluding hydrogens is 372 g/mol. The second-order valence-electron chi connectivity index (χ2n) is 6.96. The number of anilines is 2. The number of nitrogens with zero attached hydrogens (tertiary/aromatic N) is 4. The van der Waals surface area contributed by atoms with Crippen LogP contribution >= 0.6 is 0 Å². The molecule has 150 valence electrons. The number of aliphatic hydroxyl groups is 1. The highest BCUT2D eigenvalue weighted by atomic mass is 16.5. The van der Waals surface area contributed by atoms with Crippen LogP contribution in [0.5, 0.6) is 11.6 Å². The first kappa shape index (κ1) is 20.3. The van der Waals surface area contributed by atoms with E-state index in [1.807, 2.05) is 6.07 Å². The van der Waals surface area contributed by atoms with E-state index in [9.17, 15) is 10.4 Å². The highest BCUT2D eigenvalue weighted by molar-refractivity contribution is 5.58. The maximum atomic E-state index is 9.76. The van der Waals surface area contributed by atoms with Crippen molar-refractivity contribution in [3.8, 4) is 29.5 Å². The van der Waals surface area contributed by atoms with Crippen molar-refractivity contribution < 1.29 is 14.6 Å². The molecule has 0 spiro atoms. The summed E-state index contributed by atoms with van der Waals surface area (Å²) in [5.74, 6) is 7.11. The fraction of sp³-hybridized carbons (Fsp3) is 0.400. The van der Waals surface area contributed by atoms with Crippen LogP contribution in [0.1, 0.15) is 31.5 Å². The first-order chi connectivity index (χ1) is 13.9. The fourth-order valence-electron chi connectivity index (χ4n) is 2.60. The predicted octanol–water partition coefficient (Wildman–Crippen LogP) is 1.36. The molecule has 1 aliphatic heterocycles. The van der Waals surface area contributed by atoms with Crippen molar-refractivity contribution in [2.24, 2.45) is 0 Å². The maximum Gasteiger partial charge on any atom is 0.253 e. The number of aromatic nitrogens is 3. The molecule has 0 aromatic carbocycles. The van der Waals surface area contributed by atoms with Crippen molar-refractivity contribution in [2.75, 3.05) is 25.5 Å². The molecule has 2 aromatic heterocycles. The van der Waals surface area contributed by atoms with E-state index >= 15 is 0 Å². The summed E-state index contributed by atoms with van der Waals surface area (Å²) in [4.78, 5) is 12.8. The van der Waals surface area contributed by atoms with E-state index in [-0.39, 0.29) is 17.7 Å². The van der Waals surface area contributed by atoms with Gasteiger partial charge < -0.3 is 25.2 Å². The molecule has 9 nitrogen and oxygen atoms in total. The van der Waals surface area contributed by atoms with E-state index in [0.29, 0.717) is 29.5 Å². The zero-order valence-corrected chi connectivity index (χ0v) is 16.5. The molecule has 1 atom stereocenters. The van der Waals surface area contributed by atoms with Gasteiger partial charge in [0.1, 0.15) is 29.3 Å². The molecule has 1 fully saturated rings. The predicted molar refractivity (Wildman–Crippen MR) is 106 cm³/mol. The van der Waals surface area contributed by atoms with Crippen LogP contribution in [0.3, 0.4) is 0 Å². The number of nitriles is 1. The zero-order chi connectivity index (χ0) is 20.9. The van der Waals surface area contributed by atoms with Crippen LogP contribution in [0, 0.1) is 23.2 Å². The van der Waals surface area contributed by atoms with E-state index in [1.54, 1.807) is 26.1 Å². The molecule has 1 aliphatic rings. The summed E-state index contributed by atoms with van der Waals surface area (Å²) in [7, 11) is 1.53. The Morgan fingerprint density at radius 1 is 1.31 bits per heavy atom. The highest BCUT2D eigenvalue weighted by Crippen LogP contribution is 2.24. The summed E-state index contributed by atoms with van der Waals surface area (Å²) in [6.07, 6.45) is 3.78. The van der Waals surface area contributed by atoms with Crippen LogP contribution in [-0.4, -0.2) is 52.0 Å². The summed E-state index contributed by atoms with van der Waals surface area (Å²) in [6.45, 7) is 4.77. The van der Waals surface area contributed by atoms with Gasteiger partial charge in [0.2, 0.25) is 5.69 Å². The maximum absolute atomic E-state index is 9.76. The van der Waals surface area contributed by atoms with Crippen LogP contribution in [0.25, 0.3) is 0 Å². The number of pyridine rings is 1. The Hall–Kier alpha value is -3.40. The minimum absolute atomic E-state index is 0.0431. The van der Waals surface area contributed by atoms with E-state index in [2.05, 4.69) is 37.4 Å². The number of hydrogen-bond acceptors (Lipinski definition) is 9. The van der Waals surface area contributed by atoms with Crippen molar-refractivity contribution in [3.05, 3.63) is 29.7 Å². The van der Waals surface area contributed by atoms with Crippen LogP contribution in [-0.2, 0) is 0 Å². The van der Waals surface area contributed by atoms with Crippen molar-refractivity contribution in [1.29, 1.82) is 5.26 Å². The minimum Gasteiger partial charge on any atom is -0.495 e. The summed E-state index contributed by atoms with van der Waals surface area (Å²) in [6, 6.07) is 3.66. The topological polar surface area (TPSA) is 125 Å². The van der Waals surface area contributed by atoms with Gasteiger partial charge in [-0.2, -0.15) is 10.2 Å². The average Bonchev–Trinajstić information content (AvgIpc) is 3.19. The van der Waals surface area contributed by atoms with Gasteiger partial charge in [-0.25, -0.2) is 9.97 Å². The van der Waals surface area contributed by atoms with Gasteiger partial charge in [-0.3, -0.25) is 0 Å².